The predicted octanol–water partition coefficient (Wildman–Crippen LogP) is 0.719. The number of aryl methyl sites for hydroxylation is 1. The third-order valence-electron chi connectivity index (χ3n) is 4.19. The maximum atomic E-state index is 12.8. The Labute approximate surface area is 124 Å². The number of rotatable bonds is 4. The van der Waals surface area contributed by atoms with Crippen molar-refractivity contribution in [3.05, 3.63) is 27.2 Å². The quantitative estimate of drug-likeness (QED) is 0.857. The SMILES string of the molecule is CCc1n[nH]c(=O)c(C(=O)N2CCCC(NC)C2)c1CC. The fourth-order valence-corrected chi connectivity index (χ4v) is 2.98. The van der Waals surface area contributed by atoms with Crippen LogP contribution in [0.1, 0.15) is 48.3 Å². The van der Waals surface area contributed by atoms with Gasteiger partial charge in [0.1, 0.15) is 5.56 Å². The summed E-state index contributed by atoms with van der Waals surface area (Å²) in [5.74, 6) is -0.162. The fraction of sp³-hybridized carbons (Fsp3) is 0.667. The molecule has 1 aliphatic heterocycles. The molecule has 1 aromatic rings. The van der Waals surface area contributed by atoms with E-state index in [2.05, 4.69) is 15.5 Å². The van der Waals surface area contributed by atoms with E-state index in [1.54, 1.807) is 4.90 Å². The van der Waals surface area contributed by atoms with E-state index in [0.717, 1.165) is 24.1 Å². The summed E-state index contributed by atoms with van der Waals surface area (Å²) in [5, 5.41) is 9.75. The largest absolute Gasteiger partial charge is 0.337 e. The molecule has 1 fully saturated rings. The molecule has 1 aliphatic rings. The molecule has 21 heavy (non-hydrogen) atoms. The van der Waals surface area contributed by atoms with Crippen molar-refractivity contribution >= 4 is 5.91 Å². The Morgan fingerprint density at radius 1 is 1.43 bits per heavy atom. The zero-order valence-electron chi connectivity index (χ0n) is 13.0. The molecule has 1 unspecified atom stereocenters. The topological polar surface area (TPSA) is 78.1 Å². The molecule has 6 nitrogen and oxygen atoms in total. The average Bonchev–Trinajstić information content (AvgIpc) is 2.53. The van der Waals surface area contributed by atoms with Gasteiger partial charge in [-0.05, 0) is 38.3 Å². The van der Waals surface area contributed by atoms with Crippen LogP contribution in [0, 0.1) is 0 Å². The number of piperidine rings is 1. The minimum Gasteiger partial charge on any atom is -0.337 e. The monoisotopic (exact) mass is 292 g/mol. The number of aromatic amines is 1. The lowest BCUT2D eigenvalue weighted by Gasteiger charge is -2.32. The summed E-state index contributed by atoms with van der Waals surface area (Å²) in [6.45, 7) is 5.30. The van der Waals surface area contributed by atoms with Crippen LogP contribution in [0.3, 0.4) is 0 Å². The molecule has 1 saturated heterocycles. The van der Waals surface area contributed by atoms with Crippen LogP contribution >= 0.6 is 0 Å². The number of H-pyrrole nitrogens is 1. The first-order valence-corrected chi connectivity index (χ1v) is 7.69. The third-order valence-corrected chi connectivity index (χ3v) is 4.19. The Hall–Kier alpha value is -1.69. The molecular formula is C15H24N4O2. The average molecular weight is 292 g/mol. The van der Waals surface area contributed by atoms with E-state index in [1.807, 2.05) is 20.9 Å². The highest BCUT2D eigenvalue weighted by molar-refractivity contribution is 5.95. The maximum absolute atomic E-state index is 12.8. The van der Waals surface area contributed by atoms with Gasteiger partial charge in [0.05, 0.1) is 5.69 Å². The molecule has 1 amide bonds. The van der Waals surface area contributed by atoms with Gasteiger partial charge in [0.15, 0.2) is 0 Å². The molecule has 0 spiro atoms. The van der Waals surface area contributed by atoms with Crippen molar-refractivity contribution in [3.8, 4) is 0 Å². The van der Waals surface area contributed by atoms with Crippen LogP contribution in [0.15, 0.2) is 4.79 Å². The smallest absolute Gasteiger partial charge is 0.277 e. The van der Waals surface area contributed by atoms with Gasteiger partial charge in [0.25, 0.3) is 11.5 Å². The molecule has 1 atom stereocenters. The molecule has 2 N–H and O–H groups in total. The van der Waals surface area contributed by atoms with Crippen molar-refractivity contribution in [2.24, 2.45) is 0 Å². The highest BCUT2D eigenvalue weighted by Crippen LogP contribution is 2.16. The molecular weight excluding hydrogens is 268 g/mol. The van der Waals surface area contributed by atoms with Crippen molar-refractivity contribution in [1.29, 1.82) is 0 Å². The van der Waals surface area contributed by atoms with Gasteiger partial charge in [-0.25, -0.2) is 5.10 Å². The van der Waals surface area contributed by atoms with Crippen LogP contribution in [0.5, 0.6) is 0 Å². The molecule has 0 radical (unpaired) electrons. The van der Waals surface area contributed by atoms with Crippen LogP contribution in [0.2, 0.25) is 0 Å². The predicted molar refractivity (Wildman–Crippen MR) is 81.6 cm³/mol. The Balaban J connectivity index is 2.36. The lowest BCUT2D eigenvalue weighted by Crippen LogP contribution is -2.48. The summed E-state index contributed by atoms with van der Waals surface area (Å²) in [5.41, 5.74) is 1.50. The molecule has 0 bridgehead atoms. The van der Waals surface area contributed by atoms with Gasteiger partial charge in [-0.15, -0.1) is 0 Å². The van der Waals surface area contributed by atoms with Crippen LogP contribution in [-0.2, 0) is 12.8 Å². The zero-order valence-corrected chi connectivity index (χ0v) is 13.0. The molecule has 2 rings (SSSR count). The second-order valence-corrected chi connectivity index (χ2v) is 5.44. The summed E-state index contributed by atoms with van der Waals surface area (Å²) in [7, 11) is 1.91. The van der Waals surface area contributed by atoms with Gasteiger partial charge in [0, 0.05) is 19.1 Å². The van der Waals surface area contributed by atoms with Gasteiger partial charge in [-0.3, -0.25) is 9.59 Å². The first kappa shape index (κ1) is 15.7. The van der Waals surface area contributed by atoms with Crippen LogP contribution in [0.4, 0.5) is 0 Å². The lowest BCUT2D eigenvalue weighted by atomic mass is 10.0. The van der Waals surface area contributed by atoms with Gasteiger partial charge >= 0.3 is 0 Å². The lowest BCUT2D eigenvalue weighted by molar-refractivity contribution is 0.0694. The normalized spacial score (nSPS) is 18.8. The molecule has 6 heteroatoms. The highest BCUT2D eigenvalue weighted by atomic mass is 16.2. The van der Waals surface area contributed by atoms with Crippen molar-refractivity contribution in [2.45, 2.75) is 45.6 Å². The first-order chi connectivity index (χ1) is 10.1. The molecule has 0 aliphatic carbocycles. The van der Waals surface area contributed by atoms with E-state index in [-0.39, 0.29) is 17.0 Å². The number of nitrogens with one attached hydrogen (secondary N) is 2. The number of nitrogens with zero attached hydrogens (tertiary/aromatic N) is 2. The number of hydrogen-bond donors (Lipinski definition) is 2. The maximum Gasteiger partial charge on any atom is 0.277 e. The minimum absolute atomic E-state index is 0.162. The van der Waals surface area contributed by atoms with Crippen molar-refractivity contribution in [1.82, 2.24) is 20.4 Å². The van der Waals surface area contributed by atoms with Crippen molar-refractivity contribution in [3.63, 3.8) is 0 Å². The van der Waals surface area contributed by atoms with E-state index in [4.69, 9.17) is 0 Å². The number of likely N-dealkylation sites (N-methyl/N-ethyl adjacent to an activating group) is 1. The van der Waals surface area contributed by atoms with Gasteiger partial charge in [-0.1, -0.05) is 13.8 Å². The zero-order chi connectivity index (χ0) is 15.4. The van der Waals surface area contributed by atoms with Gasteiger partial charge < -0.3 is 10.2 Å². The van der Waals surface area contributed by atoms with E-state index >= 15 is 0 Å². The van der Waals surface area contributed by atoms with Crippen LogP contribution < -0.4 is 10.9 Å². The Kier molecular flexibility index (Phi) is 5.12. The summed E-state index contributed by atoms with van der Waals surface area (Å²) < 4.78 is 0. The molecule has 1 aromatic heterocycles. The van der Waals surface area contributed by atoms with Crippen LogP contribution in [-0.4, -0.2) is 47.2 Å². The minimum atomic E-state index is -0.374. The third kappa shape index (κ3) is 3.15. The number of likely N-dealkylation sites (tertiary alicyclic amines) is 1. The standard InChI is InChI=1S/C15H24N4O2/c1-4-11-12(5-2)17-18-14(20)13(11)15(21)19-8-6-7-10(9-19)16-3/h10,16H,4-9H2,1-3H3,(H,18,20). The Bertz CT molecular complexity index is 567. The number of hydrogen-bond acceptors (Lipinski definition) is 4. The van der Waals surface area contributed by atoms with Gasteiger partial charge in [0.2, 0.25) is 0 Å². The summed E-state index contributed by atoms with van der Waals surface area (Å²) >= 11 is 0. The van der Waals surface area contributed by atoms with Crippen molar-refractivity contribution in [2.75, 3.05) is 20.1 Å². The number of carbonyl (C=O) groups is 1. The van der Waals surface area contributed by atoms with Gasteiger partial charge in [-0.2, -0.15) is 5.10 Å². The van der Waals surface area contributed by atoms with E-state index in [1.165, 1.54) is 0 Å². The molecule has 116 valence electrons. The first-order valence-electron chi connectivity index (χ1n) is 7.69. The van der Waals surface area contributed by atoms with Crippen molar-refractivity contribution < 1.29 is 4.79 Å². The number of carbonyl (C=O) groups excluding carboxylic acids is 1. The molecule has 2 heterocycles. The highest BCUT2D eigenvalue weighted by Gasteiger charge is 2.27. The second kappa shape index (κ2) is 6.85. The number of amides is 1. The van der Waals surface area contributed by atoms with E-state index < -0.39 is 0 Å². The Morgan fingerprint density at radius 3 is 2.81 bits per heavy atom. The van der Waals surface area contributed by atoms with Crippen LogP contribution in [0.25, 0.3) is 0 Å². The summed E-state index contributed by atoms with van der Waals surface area (Å²) in [6.07, 6.45) is 3.37. The molecule has 0 saturated carbocycles. The summed E-state index contributed by atoms with van der Waals surface area (Å²) in [4.78, 5) is 26.7. The second-order valence-electron chi connectivity index (χ2n) is 5.44. The summed E-state index contributed by atoms with van der Waals surface area (Å²) in [6, 6.07) is 0.305. The number of aromatic nitrogens is 2. The van der Waals surface area contributed by atoms with E-state index in [9.17, 15) is 9.59 Å². The molecule has 0 aromatic carbocycles. The Morgan fingerprint density at radius 2 is 2.19 bits per heavy atom. The fourth-order valence-electron chi connectivity index (χ4n) is 2.98. The van der Waals surface area contributed by atoms with E-state index in [0.29, 0.717) is 32.0 Å².